The fraction of sp³-hybridized carbons (Fsp3) is 0.300. The van der Waals surface area contributed by atoms with Gasteiger partial charge in [-0.2, -0.15) is 0 Å². The molecule has 0 amide bonds. The minimum Gasteiger partial charge on any atom is -0.294 e. The SMILES string of the molecule is CCCC(=O)c1cccc(Cl)c1F. The Balaban J connectivity index is 3.01. The van der Waals surface area contributed by atoms with E-state index >= 15 is 0 Å². The number of carbonyl (C=O) groups excluding carboxylic acids is 1. The first-order valence-electron chi connectivity index (χ1n) is 4.14. The van der Waals surface area contributed by atoms with Crippen molar-refractivity contribution >= 4 is 17.4 Å². The molecule has 13 heavy (non-hydrogen) atoms. The third-order valence-corrected chi connectivity index (χ3v) is 2.02. The maximum absolute atomic E-state index is 13.2. The summed E-state index contributed by atoms with van der Waals surface area (Å²) in [5, 5.41) is 0.00181. The molecule has 0 saturated carbocycles. The molecule has 0 aliphatic heterocycles. The molecule has 0 saturated heterocycles. The van der Waals surface area contributed by atoms with E-state index < -0.39 is 5.82 Å². The highest BCUT2D eigenvalue weighted by atomic mass is 35.5. The van der Waals surface area contributed by atoms with Crippen LogP contribution in [0, 0.1) is 5.82 Å². The Morgan fingerprint density at radius 3 is 2.85 bits per heavy atom. The zero-order valence-corrected chi connectivity index (χ0v) is 8.07. The van der Waals surface area contributed by atoms with Gasteiger partial charge in [0.05, 0.1) is 10.6 Å². The molecule has 1 rings (SSSR count). The first-order chi connectivity index (χ1) is 6.16. The van der Waals surface area contributed by atoms with Crippen LogP contribution < -0.4 is 0 Å². The van der Waals surface area contributed by atoms with Crippen molar-refractivity contribution in [2.45, 2.75) is 19.8 Å². The number of rotatable bonds is 3. The van der Waals surface area contributed by atoms with Crippen molar-refractivity contribution in [1.82, 2.24) is 0 Å². The molecule has 0 aliphatic rings. The van der Waals surface area contributed by atoms with Crippen LogP contribution in [0.4, 0.5) is 4.39 Å². The Labute approximate surface area is 81.5 Å². The molecule has 0 N–H and O–H groups in total. The first-order valence-corrected chi connectivity index (χ1v) is 4.51. The van der Waals surface area contributed by atoms with Crippen LogP contribution in [0.1, 0.15) is 30.1 Å². The molecule has 3 heteroatoms. The number of hydrogen-bond acceptors (Lipinski definition) is 1. The lowest BCUT2D eigenvalue weighted by Crippen LogP contribution is -2.01. The summed E-state index contributed by atoms with van der Waals surface area (Å²) in [6, 6.07) is 4.47. The lowest BCUT2D eigenvalue weighted by molar-refractivity contribution is 0.0978. The van der Waals surface area contributed by atoms with E-state index in [9.17, 15) is 9.18 Å². The van der Waals surface area contributed by atoms with Crippen LogP contribution in [-0.4, -0.2) is 5.78 Å². The van der Waals surface area contributed by atoms with Gasteiger partial charge in [0.2, 0.25) is 0 Å². The average Bonchev–Trinajstić information content (AvgIpc) is 2.10. The van der Waals surface area contributed by atoms with Gasteiger partial charge in [-0.05, 0) is 18.6 Å². The maximum atomic E-state index is 13.2. The van der Waals surface area contributed by atoms with E-state index in [0.717, 1.165) is 0 Å². The maximum Gasteiger partial charge on any atom is 0.165 e. The second kappa shape index (κ2) is 4.38. The van der Waals surface area contributed by atoms with E-state index in [1.807, 2.05) is 6.92 Å². The van der Waals surface area contributed by atoms with Crippen molar-refractivity contribution in [2.24, 2.45) is 0 Å². The molecule has 0 atom stereocenters. The number of Topliss-reactive ketones (excluding diaryl/α,β-unsaturated/α-hetero) is 1. The minimum atomic E-state index is -0.609. The molecule has 1 nitrogen and oxygen atoms in total. The lowest BCUT2D eigenvalue weighted by atomic mass is 10.1. The van der Waals surface area contributed by atoms with Crippen LogP contribution in [0.3, 0.4) is 0 Å². The molecular weight excluding hydrogens is 191 g/mol. The Hall–Kier alpha value is -0.890. The summed E-state index contributed by atoms with van der Waals surface area (Å²) in [5.74, 6) is -0.801. The monoisotopic (exact) mass is 200 g/mol. The first kappa shape index (κ1) is 10.2. The molecular formula is C10H10ClFO. The third kappa shape index (κ3) is 2.28. The van der Waals surface area contributed by atoms with Crippen molar-refractivity contribution in [3.8, 4) is 0 Å². The fourth-order valence-electron chi connectivity index (χ4n) is 1.08. The van der Waals surface area contributed by atoms with Gasteiger partial charge < -0.3 is 0 Å². The van der Waals surface area contributed by atoms with Crippen molar-refractivity contribution in [2.75, 3.05) is 0 Å². The molecule has 70 valence electrons. The second-order valence-corrected chi connectivity index (χ2v) is 3.18. The molecule has 0 heterocycles. The van der Waals surface area contributed by atoms with Crippen molar-refractivity contribution < 1.29 is 9.18 Å². The Morgan fingerprint density at radius 2 is 2.23 bits per heavy atom. The van der Waals surface area contributed by atoms with Crippen molar-refractivity contribution in [1.29, 1.82) is 0 Å². The Kier molecular flexibility index (Phi) is 3.43. The molecule has 0 fully saturated rings. The van der Waals surface area contributed by atoms with Crippen LogP contribution >= 0.6 is 11.6 Å². The van der Waals surface area contributed by atoms with Gasteiger partial charge in [0.15, 0.2) is 11.6 Å². The molecule has 0 unspecified atom stereocenters. The smallest absolute Gasteiger partial charge is 0.165 e. The number of ketones is 1. The standard InChI is InChI=1S/C10H10ClFO/c1-2-4-9(13)7-5-3-6-8(11)10(7)12/h3,5-6H,2,4H2,1H3. The lowest BCUT2D eigenvalue weighted by Gasteiger charge is -2.01. The van der Waals surface area contributed by atoms with Gasteiger partial charge in [-0.3, -0.25) is 4.79 Å². The van der Waals surface area contributed by atoms with Gasteiger partial charge in [-0.1, -0.05) is 24.6 Å². The Morgan fingerprint density at radius 1 is 1.54 bits per heavy atom. The topological polar surface area (TPSA) is 17.1 Å². The van der Waals surface area contributed by atoms with Crippen molar-refractivity contribution in [3.63, 3.8) is 0 Å². The van der Waals surface area contributed by atoms with Crippen LogP contribution in [0.15, 0.2) is 18.2 Å². The molecule has 1 aromatic rings. The van der Waals surface area contributed by atoms with E-state index in [1.54, 1.807) is 6.07 Å². The van der Waals surface area contributed by atoms with Gasteiger partial charge >= 0.3 is 0 Å². The highest BCUT2D eigenvalue weighted by Gasteiger charge is 2.12. The van der Waals surface area contributed by atoms with Gasteiger partial charge in [0.25, 0.3) is 0 Å². The fourth-order valence-corrected chi connectivity index (χ4v) is 1.26. The summed E-state index contributed by atoms with van der Waals surface area (Å²) in [6.45, 7) is 1.88. The molecule has 0 spiro atoms. The average molecular weight is 201 g/mol. The largest absolute Gasteiger partial charge is 0.294 e. The van der Waals surface area contributed by atoms with E-state index in [0.29, 0.717) is 12.8 Å². The quantitative estimate of drug-likeness (QED) is 0.683. The second-order valence-electron chi connectivity index (χ2n) is 2.77. The third-order valence-electron chi connectivity index (χ3n) is 1.73. The van der Waals surface area contributed by atoms with Crippen LogP contribution in [0.5, 0.6) is 0 Å². The zero-order chi connectivity index (χ0) is 9.84. The molecule has 1 aromatic carbocycles. The summed E-state index contributed by atoms with van der Waals surface area (Å²) >= 11 is 5.53. The van der Waals surface area contributed by atoms with Gasteiger partial charge in [0.1, 0.15) is 0 Å². The molecule has 0 radical (unpaired) electrons. The molecule has 0 aromatic heterocycles. The van der Waals surface area contributed by atoms with Gasteiger partial charge in [-0.25, -0.2) is 4.39 Å². The normalized spacial score (nSPS) is 10.1. The summed E-state index contributed by atoms with van der Waals surface area (Å²) in [6.07, 6.45) is 1.07. The predicted octanol–water partition coefficient (Wildman–Crippen LogP) is 3.46. The minimum absolute atomic E-state index is 0.00181. The van der Waals surface area contributed by atoms with Crippen LogP contribution in [0.25, 0.3) is 0 Å². The predicted molar refractivity (Wildman–Crippen MR) is 50.6 cm³/mol. The van der Waals surface area contributed by atoms with Gasteiger partial charge in [-0.15, -0.1) is 0 Å². The van der Waals surface area contributed by atoms with E-state index in [1.165, 1.54) is 12.1 Å². The van der Waals surface area contributed by atoms with E-state index in [4.69, 9.17) is 11.6 Å². The highest BCUT2D eigenvalue weighted by molar-refractivity contribution is 6.31. The van der Waals surface area contributed by atoms with E-state index in [2.05, 4.69) is 0 Å². The Bertz CT molecular complexity index is 323. The summed E-state index contributed by atoms with van der Waals surface area (Å²) in [7, 11) is 0. The van der Waals surface area contributed by atoms with Gasteiger partial charge in [0, 0.05) is 6.42 Å². The van der Waals surface area contributed by atoms with E-state index in [-0.39, 0.29) is 16.4 Å². The summed E-state index contributed by atoms with van der Waals surface area (Å²) < 4.78 is 13.2. The molecule has 0 bridgehead atoms. The number of carbonyl (C=O) groups is 1. The van der Waals surface area contributed by atoms with Crippen LogP contribution in [-0.2, 0) is 0 Å². The summed E-state index contributed by atoms with van der Waals surface area (Å²) in [5.41, 5.74) is 0.0920. The number of hydrogen-bond donors (Lipinski definition) is 0. The van der Waals surface area contributed by atoms with Crippen LogP contribution in [0.2, 0.25) is 5.02 Å². The zero-order valence-electron chi connectivity index (χ0n) is 7.31. The number of benzene rings is 1. The highest BCUT2D eigenvalue weighted by Crippen LogP contribution is 2.19. The molecule has 0 aliphatic carbocycles. The van der Waals surface area contributed by atoms with Crippen molar-refractivity contribution in [3.05, 3.63) is 34.6 Å². The summed E-state index contributed by atoms with van der Waals surface area (Å²) in [4.78, 5) is 11.3. The number of halogens is 2.